The molecule has 0 atom stereocenters. The topological polar surface area (TPSA) is 38.7 Å². The van der Waals surface area contributed by atoms with Gasteiger partial charge in [-0.25, -0.2) is 0 Å². The molecule has 0 aliphatic heterocycles. The number of fused-ring (bicyclic) bond motifs is 1. The van der Waals surface area contributed by atoms with Gasteiger partial charge in [0.2, 0.25) is 0 Å². The van der Waals surface area contributed by atoms with E-state index in [1.165, 1.54) is 0 Å². The quantitative estimate of drug-likeness (QED) is 0.440. The van der Waals surface area contributed by atoms with Crippen LogP contribution in [0.25, 0.3) is 22.2 Å². The number of thioether (sulfide) groups is 1. The highest BCUT2D eigenvalue weighted by Crippen LogP contribution is 2.32. The lowest BCUT2D eigenvalue weighted by Gasteiger charge is -2.08. The van der Waals surface area contributed by atoms with Gasteiger partial charge in [0.1, 0.15) is 16.2 Å². The van der Waals surface area contributed by atoms with Crippen LogP contribution < -0.4 is 0 Å². The Morgan fingerprint density at radius 2 is 1.76 bits per heavy atom. The normalized spacial score (nSPS) is 10.9. The molecule has 2 aromatic heterocycles. The molecular formula is C20H14ClN3S. The van der Waals surface area contributed by atoms with Gasteiger partial charge in [0, 0.05) is 27.9 Å². The number of aromatic nitrogens is 3. The molecule has 4 rings (SSSR count). The summed E-state index contributed by atoms with van der Waals surface area (Å²) in [5, 5.41) is 11.5. The summed E-state index contributed by atoms with van der Waals surface area (Å²) in [6.45, 7) is 0. The molecule has 0 fully saturated rings. The summed E-state index contributed by atoms with van der Waals surface area (Å²) in [6.07, 6.45) is 1.79. The van der Waals surface area contributed by atoms with E-state index in [1.54, 1.807) is 18.0 Å². The largest absolute Gasteiger partial charge is 0.254 e. The summed E-state index contributed by atoms with van der Waals surface area (Å²) in [5.41, 5.74) is 3.86. The zero-order valence-electron chi connectivity index (χ0n) is 13.3. The minimum Gasteiger partial charge on any atom is -0.254 e. The maximum atomic E-state index is 6.06. The molecule has 3 nitrogen and oxygen atoms in total. The first-order chi connectivity index (χ1) is 12.3. The highest BCUT2D eigenvalue weighted by atomic mass is 35.5. The molecule has 0 amide bonds. The van der Waals surface area contributed by atoms with Gasteiger partial charge in [0.25, 0.3) is 0 Å². The van der Waals surface area contributed by atoms with E-state index in [9.17, 15) is 0 Å². The minimum absolute atomic E-state index is 0.745. The van der Waals surface area contributed by atoms with Crippen molar-refractivity contribution < 1.29 is 0 Å². The van der Waals surface area contributed by atoms with Gasteiger partial charge in [-0.15, -0.1) is 10.2 Å². The molecule has 0 aliphatic carbocycles. The van der Waals surface area contributed by atoms with Crippen molar-refractivity contribution in [3.63, 3.8) is 0 Å². The second kappa shape index (κ2) is 7.21. The number of rotatable bonds is 4. The van der Waals surface area contributed by atoms with Crippen molar-refractivity contribution in [1.29, 1.82) is 0 Å². The van der Waals surface area contributed by atoms with Crippen LogP contribution in [0, 0.1) is 0 Å². The Labute approximate surface area is 155 Å². The number of hydrogen-bond donors (Lipinski definition) is 0. The molecule has 5 heteroatoms. The molecule has 0 radical (unpaired) electrons. The number of benzene rings is 2. The molecule has 0 unspecified atom stereocenters. The SMILES string of the molecule is Clc1cccc(CSc2nnc(-c3ccccc3)c3ncccc23)c1. The lowest BCUT2D eigenvalue weighted by Crippen LogP contribution is -1.95. The zero-order valence-corrected chi connectivity index (χ0v) is 14.8. The summed E-state index contributed by atoms with van der Waals surface area (Å²) in [6, 6.07) is 21.9. The smallest absolute Gasteiger partial charge is 0.129 e. The third-order valence-electron chi connectivity index (χ3n) is 3.82. The summed E-state index contributed by atoms with van der Waals surface area (Å²) >= 11 is 7.71. The van der Waals surface area contributed by atoms with E-state index in [1.807, 2.05) is 60.7 Å². The van der Waals surface area contributed by atoms with Crippen LogP contribution in [0.1, 0.15) is 5.56 Å². The molecule has 0 saturated carbocycles. The average molecular weight is 364 g/mol. The third-order valence-corrected chi connectivity index (χ3v) is 5.10. The highest BCUT2D eigenvalue weighted by molar-refractivity contribution is 7.98. The third kappa shape index (κ3) is 3.50. The second-order valence-electron chi connectivity index (χ2n) is 5.54. The predicted octanol–water partition coefficient (Wildman–Crippen LogP) is 5.64. The van der Waals surface area contributed by atoms with Gasteiger partial charge in [-0.3, -0.25) is 4.98 Å². The van der Waals surface area contributed by atoms with Crippen molar-refractivity contribution in [2.75, 3.05) is 0 Å². The van der Waals surface area contributed by atoms with Gasteiger partial charge in [-0.05, 0) is 29.8 Å². The van der Waals surface area contributed by atoms with Crippen LogP contribution in [0.3, 0.4) is 0 Å². The Kier molecular flexibility index (Phi) is 4.63. The van der Waals surface area contributed by atoms with Crippen molar-refractivity contribution in [1.82, 2.24) is 15.2 Å². The average Bonchev–Trinajstić information content (AvgIpc) is 2.67. The monoisotopic (exact) mass is 363 g/mol. The van der Waals surface area contributed by atoms with Crippen LogP contribution in [0.5, 0.6) is 0 Å². The first kappa shape index (κ1) is 16.1. The molecule has 122 valence electrons. The van der Waals surface area contributed by atoms with E-state index in [4.69, 9.17) is 11.6 Å². The lowest BCUT2D eigenvalue weighted by atomic mass is 10.1. The summed E-state index contributed by atoms with van der Waals surface area (Å²) in [5.74, 6) is 0.782. The van der Waals surface area contributed by atoms with Crippen LogP contribution in [0.2, 0.25) is 5.02 Å². The molecule has 4 aromatic rings. The van der Waals surface area contributed by atoms with Crippen molar-refractivity contribution in [2.24, 2.45) is 0 Å². The highest BCUT2D eigenvalue weighted by Gasteiger charge is 2.12. The van der Waals surface area contributed by atoms with E-state index in [2.05, 4.69) is 21.2 Å². The first-order valence-electron chi connectivity index (χ1n) is 7.85. The lowest BCUT2D eigenvalue weighted by molar-refractivity contribution is 0.956. The van der Waals surface area contributed by atoms with Gasteiger partial charge in [-0.2, -0.15) is 0 Å². The van der Waals surface area contributed by atoms with E-state index >= 15 is 0 Å². The van der Waals surface area contributed by atoms with Crippen molar-refractivity contribution in [2.45, 2.75) is 10.8 Å². The summed E-state index contributed by atoms with van der Waals surface area (Å²) in [7, 11) is 0. The Morgan fingerprint density at radius 3 is 2.60 bits per heavy atom. The van der Waals surface area contributed by atoms with E-state index in [0.29, 0.717) is 0 Å². The van der Waals surface area contributed by atoms with Gasteiger partial charge < -0.3 is 0 Å². The van der Waals surface area contributed by atoms with Gasteiger partial charge >= 0.3 is 0 Å². The Balaban J connectivity index is 1.71. The maximum Gasteiger partial charge on any atom is 0.129 e. The van der Waals surface area contributed by atoms with E-state index in [-0.39, 0.29) is 0 Å². The molecular weight excluding hydrogens is 350 g/mol. The van der Waals surface area contributed by atoms with Crippen molar-refractivity contribution >= 4 is 34.3 Å². The molecule has 0 spiro atoms. The number of pyridine rings is 1. The molecule has 2 heterocycles. The Hall–Kier alpha value is -2.43. The first-order valence-corrected chi connectivity index (χ1v) is 9.22. The fraction of sp³-hybridized carbons (Fsp3) is 0.0500. The van der Waals surface area contributed by atoms with Crippen LogP contribution in [0.15, 0.2) is 78.0 Å². The van der Waals surface area contributed by atoms with Crippen LogP contribution in [-0.4, -0.2) is 15.2 Å². The van der Waals surface area contributed by atoms with Gasteiger partial charge in [0.05, 0.1) is 0 Å². The number of nitrogens with zero attached hydrogens (tertiary/aromatic N) is 3. The second-order valence-corrected chi connectivity index (χ2v) is 6.94. The van der Waals surface area contributed by atoms with Gasteiger partial charge in [0.15, 0.2) is 0 Å². The van der Waals surface area contributed by atoms with Gasteiger partial charge in [-0.1, -0.05) is 65.8 Å². The molecule has 25 heavy (non-hydrogen) atoms. The molecule has 0 saturated heterocycles. The van der Waals surface area contributed by atoms with Crippen LogP contribution in [0.4, 0.5) is 0 Å². The van der Waals surface area contributed by atoms with E-state index < -0.39 is 0 Å². The van der Waals surface area contributed by atoms with Crippen molar-refractivity contribution in [3.8, 4) is 11.3 Å². The molecule has 0 N–H and O–H groups in total. The van der Waals surface area contributed by atoms with Crippen molar-refractivity contribution in [3.05, 3.63) is 83.5 Å². The Bertz CT molecular complexity index is 1020. The summed E-state index contributed by atoms with van der Waals surface area (Å²) in [4.78, 5) is 4.55. The predicted molar refractivity (Wildman–Crippen MR) is 104 cm³/mol. The van der Waals surface area contributed by atoms with E-state index in [0.717, 1.165) is 43.5 Å². The number of hydrogen-bond acceptors (Lipinski definition) is 4. The molecule has 0 aliphatic rings. The minimum atomic E-state index is 0.745. The summed E-state index contributed by atoms with van der Waals surface area (Å²) < 4.78 is 0. The molecule has 0 bridgehead atoms. The van der Waals surface area contributed by atoms with Crippen LogP contribution >= 0.6 is 23.4 Å². The van der Waals surface area contributed by atoms with Crippen LogP contribution in [-0.2, 0) is 5.75 Å². The fourth-order valence-corrected chi connectivity index (χ4v) is 3.75. The molecule has 2 aromatic carbocycles. The maximum absolute atomic E-state index is 6.06. The zero-order chi connectivity index (χ0) is 17.1. The Morgan fingerprint density at radius 1 is 0.880 bits per heavy atom. The standard InChI is InChI=1S/C20H14ClN3S/c21-16-9-4-6-14(12-16)13-25-20-17-10-5-11-22-19(17)18(23-24-20)15-7-2-1-3-8-15/h1-12H,13H2. The number of halogens is 1. The fourth-order valence-electron chi connectivity index (χ4n) is 2.64.